The van der Waals surface area contributed by atoms with E-state index in [2.05, 4.69) is 5.32 Å². The number of ether oxygens (including phenoxy) is 1. The van der Waals surface area contributed by atoms with Gasteiger partial charge in [-0.05, 0) is 63.1 Å². The van der Waals surface area contributed by atoms with Crippen molar-refractivity contribution in [1.29, 1.82) is 0 Å². The van der Waals surface area contributed by atoms with Crippen LogP contribution in [0.25, 0.3) is 0 Å². The average molecular weight is 488 g/mol. The fourth-order valence-electron chi connectivity index (χ4n) is 4.33. The van der Waals surface area contributed by atoms with Crippen LogP contribution in [0.4, 0.5) is 11.4 Å². The van der Waals surface area contributed by atoms with Crippen LogP contribution >= 0.6 is 11.8 Å². The molecule has 0 aliphatic carbocycles. The number of hydrogen-bond acceptors (Lipinski definition) is 7. The Balaban J connectivity index is 1.59. The van der Waals surface area contributed by atoms with Crippen LogP contribution in [0, 0.1) is 20.8 Å². The summed E-state index contributed by atoms with van der Waals surface area (Å²) in [5, 5.41) is 3.64. The minimum absolute atomic E-state index is 0.0682. The van der Waals surface area contributed by atoms with Crippen LogP contribution in [0.1, 0.15) is 23.6 Å². The molecule has 0 aromatic heterocycles. The Bertz CT molecular complexity index is 1170. The number of sulfone groups is 1. The van der Waals surface area contributed by atoms with Crippen molar-refractivity contribution < 1.29 is 17.9 Å². The highest BCUT2D eigenvalue weighted by Gasteiger charge is 2.44. The molecule has 1 amide bonds. The van der Waals surface area contributed by atoms with E-state index >= 15 is 0 Å². The van der Waals surface area contributed by atoms with Crippen LogP contribution < -0.4 is 15.0 Å². The number of amidine groups is 1. The SMILES string of the molecule is CCOc1ccc(N(CC(=O)Nc2c(C)cc(C)cc2C)C2=N[C@H]3CS(=O)(=O)C[C@H]3S2)cc1. The molecule has 0 radical (unpaired) electrons. The Kier molecular flexibility index (Phi) is 6.72. The zero-order valence-electron chi connectivity index (χ0n) is 19.3. The highest BCUT2D eigenvalue weighted by Crippen LogP contribution is 2.37. The first-order valence-electron chi connectivity index (χ1n) is 11.0. The summed E-state index contributed by atoms with van der Waals surface area (Å²) in [6, 6.07) is 11.4. The van der Waals surface area contributed by atoms with Gasteiger partial charge < -0.3 is 15.0 Å². The van der Waals surface area contributed by atoms with Crippen LogP contribution in [0.3, 0.4) is 0 Å². The van der Waals surface area contributed by atoms with Gasteiger partial charge in [0.1, 0.15) is 12.3 Å². The van der Waals surface area contributed by atoms with Gasteiger partial charge in [0.05, 0.1) is 24.2 Å². The Hall–Kier alpha value is -2.52. The molecule has 7 nitrogen and oxygen atoms in total. The third kappa shape index (κ3) is 5.35. The van der Waals surface area contributed by atoms with Crippen LogP contribution in [-0.4, -0.2) is 55.4 Å². The number of thioether (sulfide) groups is 1. The highest BCUT2D eigenvalue weighted by molar-refractivity contribution is 8.15. The van der Waals surface area contributed by atoms with Gasteiger partial charge in [-0.3, -0.25) is 9.79 Å². The zero-order valence-corrected chi connectivity index (χ0v) is 20.9. The Morgan fingerprint density at radius 2 is 1.82 bits per heavy atom. The minimum atomic E-state index is -3.05. The predicted molar refractivity (Wildman–Crippen MR) is 135 cm³/mol. The van der Waals surface area contributed by atoms with Gasteiger partial charge in [0.25, 0.3) is 0 Å². The second kappa shape index (κ2) is 9.38. The Morgan fingerprint density at radius 1 is 1.15 bits per heavy atom. The van der Waals surface area contributed by atoms with Gasteiger partial charge in [0.2, 0.25) is 5.91 Å². The molecule has 2 aromatic rings. The van der Waals surface area contributed by atoms with Crippen molar-refractivity contribution in [3.05, 3.63) is 53.1 Å². The number of benzene rings is 2. The highest BCUT2D eigenvalue weighted by atomic mass is 32.2. The first-order valence-corrected chi connectivity index (χ1v) is 13.7. The quantitative estimate of drug-likeness (QED) is 0.668. The van der Waals surface area contributed by atoms with E-state index in [1.165, 1.54) is 11.8 Å². The van der Waals surface area contributed by atoms with E-state index in [0.717, 1.165) is 33.8 Å². The molecule has 9 heteroatoms. The first kappa shape index (κ1) is 23.6. The maximum absolute atomic E-state index is 13.1. The van der Waals surface area contributed by atoms with E-state index in [1.54, 1.807) is 0 Å². The van der Waals surface area contributed by atoms with Gasteiger partial charge in [-0.15, -0.1) is 0 Å². The third-order valence-electron chi connectivity index (χ3n) is 5.74. The molecular weight excluding hydrogens is 458 g/mol. The molecule has 4 rings (SSSR count). The van der Waals surface area contributed by atoms with Gasteiger partial charge in [0.15, 0.2) is 15.0 Å². The molecule has 0 unspecified atom stereocenters. The monoisotopic (exact) mass is 487 g/mol. The number of amides is 1. The molecule has 1 saturated heterocycles. The standard InChI is InChI=1S/C24H29N3O4S2/c1-5-31-19-8-6-18(7-9-19)27(24-25-20-13-33(29,30)14-21(20)32-24)12-22(28)26-23-16(3)10-15(2)11-17(23)4/h6-11,20-21H,5,12-14H2,1-4H3,(H,26,28)/t20-,21+/m0/s1. The average Bonchev–Trinajstić information content (AvgIpc) is 3.23. The topological polar surface area (TPSA) is 88.1 Å². The maximum Gasteiger partial charge on any atom is 0.244 e. The summed E-state index contributed by atoms with van der Waals surface area (Å²) in [5.41, 5.74) is 4.81. The van der Waals surface area contributed by atoms with E-state index in [4.69, 9.17) is 9.73 Å². The molecule has 2 aromatic carbocycles. The predicted octanol–water partition coefficient (Wildman–Crippen LogP) is 3.72. The summed E-state index contributed by atoms with van der Waals surface area (Å²) in [6.45, 7) is 8.57. The number of fused-ring (bicyclic) bond motifs is 1. The molecule has 2 aliphatic rings. The summed E-state index contributed by atoms with van der Waals surface area (Å²) in [4.78, 5) is 19.7. The summed E-state index contributed by atoms with van der Waals surface area (Å²) in [7, 11) is -3.05. The van der Waals surface area contributed by atoms with Crippen molar-refractivity contribution in [3.8, 4) is 5.75 Å². The van der Waals surface area contributed by atoms with Crippen LogP contribution in [-0.2, 0) is 14.6 Å². The largest absolute Gasteiger partial charge is 0.494 e. The van der Waals surface area contributed by atoms with E-state index in [9.17, 15) is 13.2 Å². The minimum Gasteiger partial charge on any atom is -0.494 e. The molecule has 0 bridgehead atoms. The van der Waals surface area contributed by atoms with Crippen molar-refractivity contribution in [3.63, 3.8) is 0 Å². The number of aryl methyl sites for hydroxylation is 3. The van der Waals surface area contributed by atoms with Gasteiger partial charge in [0, 0.05) is 16.6 Å². The van der Waals surface area contributed by atoms with Crippen LogP contribution in [0.2, 0.25) is 0 Å². The number of hydrogen-bond donors (Lipinski definition) is 1. The van der Waals surface area contributed by atoms with Crippen molar-refractivity contribution in [2.24, 2.45) is 4.99 Å². The van der Waals surface area contributed by atoms with Gasteiger partial charge >= 0.3 is 0 Å². The molecule has 1 fully saturated rings. The van der Waals surface area contributed by atoms with Crippen molar-refractivity contribution in [2.45, 2.75) is 39.0 Å². The number of rotatable bonds is 6. The molecule has 2 aliphatic heterocycles. The normalized spacial score (nSPS) is 20.8. The number of nitrogens with one attached hydrogen (secondary N) is 1. The second-order valence-corrected chi connectivity index (χ2v) is 11.9. The molecule has 176 valence electrons. The van der Waals surface area contributed by atoms with E-state index in [-0.39, 0.29) is 35.2 Å². The van der Waals surface area contributed by atoms with Gasteiger partial charge in [-0.25, -0.2) is 8.42 Å². The summed E-state index contributed by atoms with van der Waals surface area (Å²) >= 11 is 1.44. The number of anilines is 2. The molecule has 33 heavy (non-hydrogen) atoms. The third-order valence-corrected chi connectivity index (χ3v) is 8.99. The number of carbonyl (C=O) groups excluding carboxylic acids is 1. The van der Waals surface area contributed by atoms with Gasteiger partial charge in [-0.1, -0.05) is 29.5 Å². The maximum atomic E-state index is 13.1. The van der Waals surface area contributed by atoms with Crippen LogP contribution in [0.5, 0.6) is 5.75 Å². The lowest BCUT2D eigenvalue weighted by Crippen LogP contribution is -2.37. The Labute approximate surface area is 199 Å². The van der Waals surface area contributed by atoms with E-state index < -0.39 is 9.84 Å². The molecule has 0 spiro atoms. The lowest BCUT2D eigenvalue weighted by Gasteiger charge is -2.25. The van der Waals surface area contributed by atoms with Crippen LogP contribution in [0.15, 0.2) is 41.4 Å². The van der Waals surface area contributed by atoms with Gasteiger partial charge in [-0.2, -0.15) is 0 Å². The Morgan fingerprint density at radius 3 is 2.42 bits per heavy atom. The molecule has 0 saturated carbocycles. The summed E-state index contributed by atoms with van der Waals surface area (Å²) in [6.07, 6.45) is 0. The van der Waals surface area contributed by atoms with E-state index in [0.29, 0.717) is 11.8 Å². The summed E-state index contributed by atoms with van der Waals surface area (Å²) < 4.78 is 29.5. The van der Waals surface area contributed by atoms with Crippen molar-refractivity contribution >= 4 is 44.0 Å². The second-order valence-electron chi connectivity index (χ2n) is 8.55. The first-order chi connectivity index (χ1) is 15.6. The fraction of sp³-hybridized carbons (Fsp3) is 0.417. The molecular formula is C24H29N3O4S2. The summed E-state index contributed by atoms with van der Waals surface area (Å²) in [5.74, 6) is 0.784. The zero-order chi connectivity index (χ0) is 23.8. The number of carbonyl (C=O) groups is 1. The van der Waals surface area contributed by atoms with Crippen molar-refractivity contribution in [1.82, 2.24) is 0 Å². The van der Waals surface area contributed by atoms with E-state index in [1.807, 2.05) is 69.0 Å². The molecule has 2 atom stereocenters. The molecule has 1 N–H and O–H groups in total. The molecule has 2 heterocycles. The number of nitrogens with zero attached hydrogens (tertiary/aromatic N) is 2. The fourth-order valence-corrected chi connectivity index (χ4v) is 8.11. The number of aliphatic imine (C=N–C) groups is 1. The van der Waals surface area contributed by atoms with Crippen molar-refractivity contribution in [2.75, 3.05) is 34.9 Å². The smallest absolute Gasteiger partial charge is 0.244 e. The lowest BCUT2D eigenvalue weighted by molar-refractivity contribution is -0.114. The lowest BCUT2D eigenvalue weighted by atomic mass is 10.1.